The van der Waals surface area contributed by atoms with Crippen LogP contribution in [0.4, 0.5) is 0 Å². The molecule has 9 heavy (non-hydrogen) atoms. The predicted molar refractivity (Wildman–Crippen MR) is 29.8 cm³/mol. The summed E-state index contributed by atoms with van der Waals surface area (Å²) < 4.78 is 4.57. The van der Waals surface area contributed by atoms with E-state index in [1.165, 1.54) is 0 Å². The van der Waals surface area contributed by atoms with Gasteiger partial charge in [-0.1, -0.05) is 0 Å². The van der Waals surface area contributed by atoms with Crippen molar-refractivity contribution in [2.45, 2.75) is 25.4 Å². The van der Waals surface area contributed by atoms with Crippen molar-refractivity contribution in [1.82, 2.24) is 0 Å². The first-order valence-electron chi connectivity index (χ1n) is 2.93. The standard InChI is InChI=1S/C6H8O3/c7-4-9-6-2-1-5(8)3-6/h4,6H,1-3H2. The van der Waals surface area contributed by atoms with E-state index in [1.54, 1.807) is 0 Å². The van der Waals surface area contributed by atoms with Crippen molar-refractivity contribution in [3.05, 3.63) is 0 Å². The van der Waals surface area contributed by atoms with Gasteiger partial charge in [0.1, 0.15) is 11.9 Å². The molecule has 0 bridgehead atoms. The summed E-state index contributed by atoms with van der Waals surface area (Å²) in [5, 5.41) is 0. The van der Waals surface area contributed by atoms with Crippen LogP contribution in [0.2, 0.25) is 0 Å². The summed E-state index contributed by atoms with van der Waals surface area (Å²) in [6, 6.07) is 0. The molecule has 0 radical (unpaired) electrons. The van der Waals surface area contributed by atoms with Crippen LogP contribution in [-0.2, 0) is 14.3 Å². The van der Waals surface area contributed by atoms with Crippen LogP contribution in [0.25, 0.3) is 0 Å². The normalized spacial score (nSPS) is 26.2. The first kappa shape index (κ1) is 6.26. The van der Waals surface area contributed by atoms with Crippen molar-refractivity contribution in [3.8, 4) is 0 Å². The van der Waals surface area contributed by atoms with Crippen LogP contribution in [0.5, 0.6) is 0 Å². The number of ketones is 1. The molecule has 1 saturated carbocycles. The average Bonchev–Trinajstić information content (AvgIpc) is 2.17. The van der Waals surface area contributed by atoms with Crippen LogP contribution in [0.1, 0.15) is 19.3 Å². The molecule has 1 atom stereocenters. The Hall–Kier alpha value is -0.860. The van der Waals surface area contributed by atoms with E-state index in [4.69, 9.17) is 0 Å². The minimum absolute atomic E-state index is 0.130. The largest absolute Gasteiger partial charge is 0.464 e. The predicted octanol–water partition coefficient (Wildman–Crippen LogP) is 0.281. The average molecular weight is 128 g/mol. The smallest absolute Gasteiger partial charge is 0.293 e. The summed E-state index contributed by atoms with van der Waals surface area (Å²) >= 11 is 0. The summed E-state index contributed by atoms with van der Waals surface area (Å²) in [7, 11) is 0. The van der Waals surface area contributed by atoms with Crippen molar-refractivity contribution in [2.24, 2.45) is 0 Å². The topological polar surface area (TPSA) is 43.4 Å². The Morgan fingerprint density at radius 3 is 2.89 bits per heavy atom. The highest BCUT2D eigenvalue weighted by atomic mass is 16.5. The number of ether oxygens (including phenoxy) is 1. The highest BCUT2D eigenvalue weighted by Crippen LogP contribution is 2.16. The maximum Gasteiger partial charge on any atom is 0.293 e. The van der Waals surface area contributed by atoms with Gasteiger partial charge in [-0.25, -0.2) is 0 Å². The van der Waals surface area contributed by atoms with E-state index in [0.29, 0.717) is 25.7 Å². The van der Waals surface area contributed by atoms with Crippen LogP contribution in [-0.4, -0.2) is 18.4 Å². The highest BCUT2D eigenvalue weighted by molar-refractivity contribution is 5.81. The lowest BCUT2D eigenvalue weighted by molar-refractivity contribution is -0.133. The van der Waals surface area contributed by atoms with Crippen molar-refractivity contribution >= 4 is 12.3 Å². The molecule has 50 valence electrons. The summed E-state index contributed by atoms with van der Waals surface area (Å²) in [5.41, 5.74) is 0. The molecule has 0 aromatic rings. The molecule has 0 N–H and O–H groups in total. The Balaban J connectivity index is 2.29. The molecule has 0 amide bonds. The third-order valence-electron chi connectivity index (χ3n) is 1.45. The fraction of sp³-hybridized carbons (Fsp3) is 0.667. The maximum atomic E-state index is 10.5. The molecule has 0 heterocycles. The molecule has 0 aromatic carbocycles. The second-order valence-corrected chi connectivity index (χ2v) is 2.14. The van der Waals surface area contributed by atoms with E-state index in [-0.39, 0.29) is 11.9 Å². The van der Waals surface area contributed by atoms with Crippen molar-refractivity contribution < 1.29 is 14.3 Å². The Bertz CT molecular complexity index is 130. The number of Topliss-reactive ketones (excluding diaryl/α,β-unsaturated/α-hetero) is 1. The monoisotopic (exact) mass is 128 g/mol. The molecule has 1 rings (SSSR count). The summed E-state index contributed by atoms with van der Waals surface area (Å²) in [5.74, 6) is 0.196. The molecule has 1 unspecified atom stereocenters. The number of carbonyl (C=O) groups excluding carboxylic acids is 2. The van der Waals surface area contributed by atoms with E-state index >= 15 is 0 Å². The van der Waals surface area contributed by atoms with Gasteiger partial charge in [-0.05, 0) is 6.42 Å². The summed E-state index contributed by atoms with van der Waals surface area (Å²) in [6.45, 7) is 0.406. The molecule has 0 saturated heterocycles. The molecule has 0 spiro atoms. The van der Waals surface area contributed by atoms with Gasteiger partial charge in [-0.3, -0.25) is 9.59 Å². The number of carbonyl (C=O) groups is 2. The third kappa shape index (κ3) is 1.52. The lowest BCUT2D eigenvalue weighted by atomic mass is 10.3. The van der Waals surface area contributed by atoms with E-state index in [9.17, 15) is 9.59 Å². The van der Waals surface area contributed by atoms with Crippen LogP contribution < -0.4 is 0 Å². The number of hydrogen-bond acceptors (Lipinski definition) is 3. The zero-order valence-electron chi connectivity index (χ0n) is 5.00. The summed E-state index contributed by atoms with van der Waals surface area (Å²) in [4.78, 5) is 20.3. The number of rotatable bonds is 2. The zero-order valence-corrected chi connectivity index (χ0v) is 5.00. The van der Waals surface area contributed by atoms with Gasteiger partial charge < -0.3 is 4.74 Å². The molecular formula is C6H8O3. The Labute approximate surface area is 53.0 Å². The van der Waals surface area contributed by atoms with Crippen molar-refractivity contribution in [1.29, 1.82) is 0 Å². The fourth-order valence-corrected chi connectivity index (χ4v) is 0.975. The molecular weight excluding hydrogens is 120 g/mol. The zero-order chi connectivity index (χ0) is 6.69. The third-order valence-corrected chi connectivity index (χ3v) is 1.45. The van der Waals surface area contributed by atoms with Gasteiger partial charge in [0.05, 0.1) is 0 Å². The van der Waals surface area contributed by atoms with E-state index in [0.717, 1.165) is 0 Å². The van der Waals surface area contributed by atoms with Crippen LogP contribution in [0, 0.1) is 0 Å². The van der Waals surface area contributed by atoms with Gasteiger partial charge in [-0.2, -0.15) is 0 Å². The maximum absolute atomic E-state index is 10.5. The highest BCUT2D eigenvalue weighted by Gasteiger charge is 2.22. The van der Waals surface area contributed by atoms with Gasteiger partial charge in [0.15, 0.2) is 0 Å². The van der Waals surface area contributed by atoms with Gasteiger partial charge in [0.2, 0.25) is 0 Å². The lowest BCUT2D eigenvalue weighted by Crippen LogP contribution is -2.06. The van der Waals surface area contributed by atoms with Gasteiger partial charge in [0, 0.05) is 12.8 Å². The second kappa shape index (κ2) is 2.62. The Morgan fingerprint density at radius 2 is 2.44 bits per heavy atom. The minimum atomic E-state index is -0.130. The molecule has 1 aliphatic rings. The van der Waals surface area contributed by atoms with Crippen molar-refractivity contribution in [2.75, 3.05) is 0 Å². The first-order valence-corrected chi connectivity index (χ1v) is 2.93. The van der Waals surface area contributed by atoms with E-state index in [1.807, 2.05) is 0 Å². The molecule has 1 aliphatic carbocycles. The molecule has 0 aromatic heterocycles. The minimum Gasteiger partial charge on any atom is -0.464 e. The molecule has 0 aliphatic heterocycles. The van der Waals surface area contributed by atoms with Crippen LogP contribution in [0.15, 0.2) is 0 Å². The molecule has 3 nitrogen and oxygen atoms in total. The molecule has 3 heteroatoms. The SMILES string of the molecule is O=COC1CCC(=O)C1. The van der Waals surface area contributed by atoms with Crippen LogP contribution >= 0.6 is 0 Å². The van der Waals surface area contributed by atoms with Crippen LogP contribution in [0.3, 0.4) is 0 Å². The van der Waals surface area contributed by atoms with Crippen molar-refractivity contribution in [3.63, 3.8) is 0 Å². The molecule has 1 fully saturated rings. The van der Waals surface area contributed by atoms with Gasteiger partial charge in [0.25, 0.3) is 6.47 Å². The van der Waals surface area contributed by atoms with E-state index in [2.05, 4.69) is 4.74 Å². The lowest BCUT2D eigenvalue weighted by Gasteiger charge is -2.02. The quantitative estimate of drug-likeness (QED) is 0.502. The van der Waals surface area contributed by atoms with E-state index < -0.39 is 0 Å². The van der Waals surface area contributed by atoms with Gasteiger partial charge in [-0.15, -0.1) is 0 Å². The van der Waals surface area contributed by atoms with Gasteiger partial charge >= 0.3 is 0 Å². The first-order chi connectivity index (χ1) is 4.33. The fourth-order valence-electron chi connectivity index (χ4n) is 0.975. The Kier molecular flexibility index (Phi) is 1.82. The summed E-state index contributed by atoms with van der Waals surface area (Å²) in [6.07, 6.45) is 1.56. The number of hydrogen-bond donors (Lipinski definition) is 0. The Morgan fingerprint density at radius 1 is 1.67 bits per heavy atom. The second-order valence-electron chi connectivity index (χ2n) is 2.14.